The molecule has 3 N–H and O–H groups in total. The van der Waals surface area contributed by atoms with Gasteiger partial charge in [-0.05, 0) is 19.1 Å². The summed E-state index contributed by atoms with van der Waals surface area (Å²) in [6.45, 7) is 1.79. The average molecular weight is 222 g/mol. The lowest BCUT2D eigenvalue weighted by atomic mass is 10.2. The molecule has 0 spiro atoms. The molecular weight excluding hydrogens is 212 g/mol. The maximum atomic E-state index is 11.8. The molecular formula is C10H10N2O4. The van der Waals surface area contributed by atoms with Crippen molar-refractivity contribution in [1.82, 2.24) is 9.55 Å². The fourth-order valence-electron chi connectivity index (χ4n) is 1.45. The van der Waals surface area contributed by atoms with Gasteiger partial charge in [0.05, 0.1) is 10.9 Å². The molecule has 16 heavy (non-hydrogen) atoms. The highest BCUT2D eigenvalue weighted by Gasteiger charge is 2.23. The third kappa shape index (κ3) is 1.69. The first-order chi connectivity index (χ1) is 7.39. The van der Waals surface area contributed by atoms with E-state index in [-0.39, 0.29) is 5.39 Å². The molecule has 0 radical (unpaired) electrons. The lowest BCUT2D eigenvalue weighted by Crippen LogP contribution is -2.40. The first-order valence-corrected chi connectivity index (χ1v) is 4.55. The predicted molar refractivity (Wildman–Crippen MR) is 55.4 cm³/mol. The van der Waals surface area contributed by atoms with Crippen molar-refractivity contribution in [1.29, 1.82) is 0 Å². The SMILES string of the molecule is Cc1ccc2ncn(C(O)(O)O)c(=O)c2c1. The zero-order valence-corrected chi connectivity index (χ0v) is 8.45. The summed E-state index contributed by atoms with van der Waals surface area (Å²) in [4.78, 5) is 15.6. The number of aryl methyl sites for hydroxylation is 1. The fourth-order valence-corrected chi connectivity index (χ4v) is 1.45. The molecule has 0 bridgehead atoms. The highest BCUT2D eigenvalue weighted by molar-refractivity contribution is 5.77. The Balaban J connectivity index is 2.84. The van der Waals surface area contributed by atoms with E-state index < -0.39 is 11.7 Å². The number of aliphatic hydroxyl groups is 3. The minimum atomic E-state index is -3.23. The molecule has 0 fully saturated rings. The Morgan fingerprint density at radius 3 is 2.62 bits per heavy atom. The van der Waals surface area contributed by atoms with E-state index >= 15 is 0 Å². The minimum Gasteiger partial charge on any atom is -0.325 e. The van der Waals surface area contributed by atoms with Crippen molar-refractivity contribution >= 4 is 10.9 Å². The quantitative estimate of drug-likeness (QED) is 0.552. The normalized spacial score (nSPS) is 12.0. The van der Waals surface area contributed by atoms with Crippen LogP contribution in [0.3, 0.4) is 0 Å². The smallest absolute Gasteiger partial charge is 0.325 e. The van der Waals surface area contributed by atoms with Crippen molar-refractivity contribution in [2.45, 2.75) is 13.0 Å². The molecule has 0 aliphatic rings. The Hall–Kier alpha value is -1.76. The number of benzene rings is 1. The Morgan fingerprint density at radius 1 is 1.31 bits per heavy atom. The van der Waals surface area contributed by atoms with Gasteiger partial charge in [0.15, 0.2) is 0 Å². The summed E-state index contributed by atoms with van der Waals surface area (Å²) < 4.78 is 0.342. The van der Waals surface area contributed by atoms with E-state index in [2.05, 4.69) is 4.98 Å². The van der Waals surface area contributed by atoms with E-state index in [1.165, 1.54) is 0 Å². The Morgan fingerprint density at radius 2 is 2.00 bits per heavy atom. The van der Waals surface area contributed by atoms with Crippen molar-refractivity contribution in [2.75, 3.05) is 0 Å². The van der Waals surface area contributed by atoms with Gasteiger partial charge in [-0.1, -0.05) is 11.6 Å². The van der Waals surface area contributed by atoms with E-state index in [0.29, 0.717) is 10.1 Å². The van der Waals surface area contributed by atoms with E-state index in [1.807, 2.05) is 0 Å². The van der Waals surface area contributed by atoms with Crippen LogP contribution in [0.25, 0.3) is 10.9 Å². The standard InChI is InChI=1S/C10H10N2O4/c1-6-2-3-8-7(4-6)9(13)12(5-11-8)10(14,15)16/h2-5,14-16H,1H3. The third-order valence-corrected chi connectivity index (χ3v) is 2.24. The second-order valence-corrected chi connectivity index (χ2v) is 3.54. The summed E-state index contributed by atoms with van der Waals surface area (Å²) in [5.41, 5.74) is 0.542. The molecule has 0 aliphatic carbocycles. The van der Waals surface area contributed by atoms with Crippen molar-refractivity contribution in [3.05, 3.63) is 40.4 Å². The number of rotatable bonds is 1. The van der Waals surface area contributed by atoms with Gasteiger partial charge in [0.2, 0.25) is 0 Å². The highest BCUT2D eigenvalue weighted by Crippen LogP contribution is 2.10. The Kier molecular flexibility index (Phi) is 2.27. The number of fused-ring (bicyclic) bond motifs is 1. The van der Waals surface area contributed by atoms with Crippen molar-refractivity contribution in [2.24, 2.45) is 0 Å². The van der Waals surface area contributed by atoms with Crippen LogP contribution in [0.1, 0.15) is 5.56 Å². The molecule has 0 saturated heterocycles. The van der Waals surface area contributed by atoms with Crippen LogP contribution in [-0.2, 0) is 6.10 Å². The summed E-state index contributed by atoms with van der Waals surface area (Å²) in [5, 5.41) is 27.0. The van der Waals surface area contributed by atoms with Gasteiger partial charge in [-0.3, -0.25) is 4.79 Å². The van der Waals surface area contributed by atoms with E-state index in [1.54, 1.807) is 25.1 Å². The van der Waals surface area contributed by atoms with Crippen molar-refractivity contribution < 1.29 is 15.3 Å². The van der Waals surface area contributed by atoms with Crippen LogP contribution in [0.2, 0.25) is 0 Å². The van der Waals surface area contributed by atoms with Gasteiger partial charge in [-0.2, -0.15) is 0 Å². The summed E-state index contributed by atoms with van der Waals surface area (Å²) in [6.07, 6.45) is -2.36. The Labute approximate surface area is 90.0 Å². The van der Waals surface area contributed by atoms with Crippen LogP contribution in [0.15, 0.2) is 29.3 Å². The van der Waals surface area contributed by atoms with Crippen LogP contribution in [-0.4, -0.2) is 24.9 Å². The topological polar surface area (TPSA) is 95.6 Å². The van der Waals surface area contributed by atoms with Crippen LogP contribution in [0.4, 0.5) is 0 Å². The second kappa shape index (κ2) is 3.38. The van der Waals surface area contributed by atoms with Gasteiger partial charge in [0.1, 0.15) is 6.33 Å². The number of hydrogen-bond acceptors (Lipinski definition) is 5. The molecule has 6 heteroatoms. The summed E-state index contributed by atoms with van der Waals surface area (Å²) >= 11 is 0. The zero-order chi connectivity index (χ0) is 11.9. The first-order valence-electron chi connectivity index (χ1n) is 4.55. The van der Waals surface area contributed by atoms with Gasteiger partial charge in [0, 0.05) is 0 Å². The van der Waals surface area contributed by atoms with E-state index in [4.69, 9.17) is 15.3 Å². The number of hydrogen-bond donors (Lipinski definition) is 3. The van der Waals surface area contributed by atoms with E-state index in [0.717, 1.165) is 11.9 Å². The molecule has 2 rings (SSSR count). The van der Waals surface area contributed by atoms with Gasteiger partial charge < -0.3 is 15.3 Å². The number of aromatic nitrogens is 2. The summed E-state index contributed by atoms with van der Waals surface area (Å²) in [7, 11) is 0. The molecule has 84 valence electrons. The predicted octanol–water partition coefficient (Wildman–Crippen LogP) is -0.750. The van der Waals surface area contributed by atoms with Gasteiger partial charge in [0.25, 0.3) is 5.56 Å². The number of nitrogens with zero attached hydrogens (tertiary/aromatic N) is 2. The molecule has 1 heterocycles. The van der Waals surface area contributed by atoms with E-state index in [9.17, 15) is 4.79 Å². The first kappa shape index (κ1) is 10.7. The monoisotopic (exact) mass is 222 g/mol. The Bertz CT molecular complexity index is 598. The molecule has 0 amide bonds. The molecule has 1 aromatic carbocycles. The van der Waals surface area contributed by atoms with Crippen LogP contribution in [0.5, 0.6) is 0 Å². The maximum Gasteiger partial charge on any atom is 0.377 e. The van der Waals surface area contributed by atoms with Crippen LogP contribution in [0, 0.1) is 6.92 Å². The maximum absolute atomic E-state index is 11.8. The zero-order valence-electron chi connectivity index (χ0n) is 8.45. The average Bonchev–Trinajstić information content (AvgIpc) is 2.17. The molecule has 0 saturated carbocycles. The second-order valence-electron chi connectivity index (χ2n) is 3.54. The lowest BCUT2D eigenvalue weighted by molar-refractivity contribution is -0.377. The highest BCUT2D eigenvalue weighted by atomic mass is 16.7. The minimum absolute atomic E-state index is 0.212. The summed E-state index contributed by atoms with van der Waals surface area (Å²) in [5.74, 6) is 0. The fraction of sp³-hybridized carbons (Fsp3) is 0.200. The van der Waals surface area contributed by atoms with Crippen LogP contribution < -0.4 is 5.56 Å². The molecule has 1 aromatic heterocycles. The van der Waals surface area contributed by atoms with Gasteiger partial charge in [-0.15, -0.1) is 0 Å². The van der Waals surface area contributed by atoms with Crippen molar-refractivity contribution in [3.8, 4) is 0 Å². The molecule has 2 aromatic rings. The molecule has 0 unspecified atom stereocenters. The lowest BCUT2D eigenvalue weighted by Gasteiger charge is -2.16. The largest absolute Gasteiger partial charge is 0.377 e. The molecule has 6 nitrogen and oxygen atoms in total. The third-order valence-electron chi connectivity index (χ3n) is 2.24. The molecule has 0 aliphatic heterocycles. The molecule has 0 atom stereocenters. The van der Waals surface area contributed by atoms with Crippen molar-refractivity contribution in [3.63, 3.8) is 0 Å². The van der Waals surface area contributed by atoms with Gasteiger partial charge >= 0.3 is 6.10 Å². The summed E-state index contributed by atoms with van der Waals surface area (Å²) in [6, 6.07) is 4.99. The van der Waals surface area contributed by atoms with Gasteiger partial charge in [-0.25, -0.2) is 9.55 Å². The van der Waals surface area contributed by atoms with Crippen LogP contribution >= 0.6 is 0 Å².